The van der Waals surface area contributed by atoms with Crippen LogP contribution in [0.4, 0.5) is 11.4 Å². The first-order valence-corrected chi connectivity index (χ1v) is 8.66. The Bertz CT molecular complexity index is 761. The van der Waals surface area contributed by atoms with Crippen LogP contribution in [-0.4, -0.2) is 25.5 Å². The molecule has 1 aliphatic rings. The zero-order chi connectivity index (χ0) is 17.1. The summed E-state index contributed by atoms with van der Waals surface area (Å²) < 4.78 is 6.10. The Labute approximate surface area is 154 Å². The third-order valence-corrected chi connectivity index (χ3v) is 4.95. The number of hydrogen-bond donors (Lipinski definition) is 1. The van der Waals surface area contributed by atoms with Crippen LogP contribution >= 0.6 is 22.6 Å². The van der Waals surface area contributed by atoms with Crippen molar-refractivity contribution in [2.24, 2.45) is 5.92 Å². The van der Waals surface area contributed by atoms with Gasteiger partial charge in [0.1, 0.15) is 5.75 Å². The predicted molar refractivity (Wildman–Crippen MR) is 101 cm³/mol. The number of carbonyl (C=O) groups excluding carboxylic acids is 2. The van der Waals surface area contributed by atoms with Crippen molar-refractivity contribution in [1.29, 1.82) is 0 Å². The number of benzene rings is 2. The molecule has 3 rings (SSSR count). The lowest BCUT2D eigenvalue weighted by Gasteiger charge is -2.17. The van der Waals surface area contributed by atoms with Crippen LogP contribution in [0, 0.1) is 9.49 Å². The normalized spacial score (nSPS) is 17.0. The fourth-order valence-electron chi connectivity index (χ4n) is 2.69. The molecule has 2 aromatic rings. The first kappa shape index (κ1) is 16.8. The first-order valence-electron chi connectivity index (χ1n) is 7.58. The fourth-order valence-corrected chi connectivity index (χ4v) is 3.21. The molecular formula is C18H17IN2O3. The van der Waals surface area contributed by atoms with Crippen molar-refractivity contribution in [2.75, 3.05) is 23.9 Å². The molecular weight excluding hydrogens is 419 g/mol. The molecule has 1 fully saturated rings. The lowest BCUT2D eigenvalue weighted by molar-refractivity contribution is -0.122. The highest BCUT2D eigenvalue weighted by atomic mass is 127. The monoisotopic (exact) mass is 436 g/mol. The van der Waals surface area contributed by atoms with Crippen LogP contribution in [0.3, 0.4) is 0 Å². The number of para-hydroxylation sites is 1. The molecule has 0 spiro atoms. The highest BCUT2D eigenvalue weighted by molar-refractivity contribution is 14.1. The van der Waals surface area contributed by atoms with E-state index in [1.54, 1.807) is 12.0 Å². The van der Waals surface area contributed by atoms with Crippen molar-refractivity contribution in [3.05, 3.63) is 52.1 Å². The molecule has 124 valence electrons. The summed E-state index contributed by atoms with van der Waals surface area (Å²) in [5.74, 6) is 0.223. The van der Waals surface area contributed by atoms with Crippen molar-refractivity contribution >= 4 is 45.8 Å². The van der Waals surface area contributed by atoms with Gasteiger partial charge in [-0.05, 0) is 59.0 Å². The third kappa shape index (κ3) is 3.53. The molecule has 1 aliphatic heterocycles. The molecule has 24 heavy (non-hydrogen) atoms. The minimum Gasteiger partial charge on any atom is -0.497 e. The Hall–Kier alpha value is -2.09. The van der Waals surface area contributed by atoms with Gasteiger partial charge in [0.05, 0.1) is 18.7 Å². The number of carbonyl (C=O) groups is 2. The van der Waals surface area contributed by atoms with Gasteiger partial charge < -0.3 is 15.0 Å². The molecule has 0 aromatic heterocycles. The van der Waals surface area contributed by atoms with Crippen molar-refractivity contribution in [3.8, 4) is 5.75 Å². The second-order valence-electron chi connectivity index (χ2n) is 5.57. The van der Waals surface area contributed by atoms with E-state index in [2.05, 4.69) is 27.9 Å². The van der Waals surface area contributed by atoms with Gasteiger partial charge in [-0.15, -0.1) is 0 Å². The summed E-state index contributed by atoms with van der Waals surface area (Å²) in [5, 5.41) is 2.92. The number of amides is 2. The van der Waals surface area contributed by atoms with E-state index in [0.29, 0.717) is 6.54 Å². The highest BCUT2D eigenvalue weighted by Gasteiger charge is 2.35. The van der Waals surface area contributed by atoms with Crippen LogP contribution in [0.5, 0.6) is 5.75 Å². The van der Waals surface area contributed by atoms with E-state index in [1.807, 2.05) is 48.5 Å². The minimum absolute atomic E-state index is 0.0388. The van der Waals surface area contributed by atoms with E-state index in [-0.39, 0.29) is 24.2 Å². The summed E-state index contributed by atoms with van der Waals surface area (Å²) in [6.45, 7) is 0.389. The van der Waals surface area contributed by atoms with Gasteiger partial charge in [0.15, 0.2) is 0 Å². The quantitative estimate of drug-likeness (QED) is 0.749. The SMILES string of the molecule is COc1ccc(N2CC(C(=O)Nc3ccccc3I)CC2=O)cc1. The van der Waals surface area contributed by atoms with Crippen LogP contribution in [-0.2, 0) is 9.59 Å². The Morgan fingerprint density at radius 2 is 1.92 bits per heavy atom. The van der Waals surface area contributed by atoms with Crippen molar-refractivity contribution < 1.29 is 14.3 Å². The Morgan fingerprint density at radius 3 is 2.58 bits per heavy atom. The Balaban J connectivity index is 1.69. The molecule has 5 nitrogen and oxygen atoms in total. The maximum Gasteiger partial charge on any atom is 0.229 e. The van der Waals surface area contributed by atoms with Gasteiger partial charge in [-0.2, -0.15) is 0 Å². The predicted octanol–water partition coefficient (Wildman–Crippen LogP) is 3.29. The molecule has 1 saturated heterocycles. The van der Waals surface area contributed by atoms with Gasteiger partial charge in [-0.3, -0.25) is 9.59 Å². The average Bonchev–Trinajstić information content (AvgIpc) is 2.99. The van der Waals surface area contributed by atoms with Crippen LogP contribution in [0.1, 0.15) is 6.42 Å². The maximum atomic E-state index is 12.5. The Kier molecular flexibility index (Phi) is 5.03. The number of hydrogen-bond acceptors (Lipinski definition) is 3. The molecule has 6 heteroatoms. The topological polar surface area (TPSA) is 58.6 Å². The fraction of sp³-hybridized carbons (Fsp3) is 0.222. The second-order valence-corrected chi connectivity index (χ2v) is 6.73. The van der Waals surface area contributed by atoms with Gasteiger partial charge in [0.2, 0.25) is 11.8 Å². The molecule has 1 unspecified atom stereocenters. The van der Waals surface area contributed by atoms with Crippen molar-refractivity contribution in [1.82, 2.24) is 0 Å². The minimum atomic E-state index is -0.351. The second kappa shape index (κ2) is 7.21. The summed E-state index contributed by atoms with van der Waals surface area (Å²) in [6.07, 6.45) is 0.223. The summed E-state index contributed by atoms with van der Waals surface area (Å²) >= 11 is 2.18. The lowest BCUT2D eigenvalue weighted by atomic mass is 10.1. The largest absolute Gasteiger partial charge is 0.497 e. The first-order chi connectivity index (χ1) is 11.6. The van der Waals surface area contributed by atoms with E-state index < -0.39 is 0 Å². The van der Waals surface area contributed by atoms with Crippen molar-refractivity contribution in [3.63, 3.8) is 0 Å². The Morgan fingerprint density at radius 1 is 1.21 bits per heavy atom. The number of rotatable bonds is 4. The standard InChI is InChI=1S/C18H17IN2O3/c1-24-14-8-6-13(7-9-14)21-11-12(10-17(21)22)18(23)20-16-5-3-2-4-15(16)19/h2-9,12H,10-11H2,1H3,(H,20,23). The summed E-state index contributed by atoms with van der Waals surface area (Å²) in [7, 11) is 1.60. The molecule has 0 aliphatic carbocycles. The molecule has 2 aromatic carbocycles. The van der Waals surface area contributed by atoms with Crippen LogP contribution in [0.15, 0.2) is 48.5 Å². The van der Waals surface area contributed by atoms with Gasteiger partial charge in [-0.25, -0.2) is 0 Å². The van der Waals surface area contributed by atoms with E-state index in [9.17, 15) is 9.59 Å². The van der Waals surface area contributed by atoms with E-state index in [0.717, 1.165) is 20.7 Å². The number of nitrogens with zero attached hydrogens (tertiary/aromatic N) is 1. The van der Waals surface area contributed by atoms with Crippen LogP contribution in [0.2, 0.25) is 0 Å². The van der Waals surface area contributed by atoms with E-state index >= 15 is 0 Å². The van der Waals surface area contributed by atoms with E-state index in [1.165, 1.54) is 0 Å². The average molecular weight is 436 g/mol. The van der Waals surface area contributed by atoms with Gasteiger partial charge in [0, 0.05) is 22.2 Å². The third-order valence-electron chi connectivity index (χ3n) is 4.01. The van der Waals surface area contributed by atoms with Crippen LogP contribution in [0.25, 0.3) is 0 Å². The number of methoxy groups -OCH3 is 1. The van der Waals surface area contributed by atoms with Crippen molar-refractivity contribution in [2.45, 2.75) is 6.42 Å². The lowest BCUT2D eigenvalue weighted by Crippen LogP contribution is -2.28. The molecule has 0 radical (unpaired) electrons. The zero-order valence-corrected chi connectivity index (χ0v) is 15.3. The summed E-state index contributed by atoms with van der Waals surface area (Å²) in [5.41, 5.74) is 1.56. The molecule has 1 N–H and O–H groups in total. The number of anilines is 2. The summed E-state index contributed by atoms with van der Waals surface area (Å²) in [6, 6.07) is 14.9. The molecule has 2 amide bonds. The number of ether oxygens (including phenoxy) is 1. The molecule has 0 saturated carbocycles. The van der Waals surface area contributed by atoms with E-state index in [4.69, 9.17) is 4.74 Å². The number of halogens is 1. The zero-order valence-electron chi connectivity index (χ0n) is 13.2. The van der Waals surface area contributed by atoms with Gasteiger partial charge in [0.25, 0.3) is 0 Å². The molecule has 1 atom stereocenters. The van der Waals surface area contributed by atoms with Crippen LogP contribution < -0.4 is 15.0 Å². The highest BCUT2D eigenvalue weighted by Crippen LogP contribution is 2.28. The summed E-state index contributed by atoms with van der Waals surface area (Å²) in [4.78, 5) is 26.4. The smallest absolute Gasteiger partial charge is 0.229 e. The van der Waals surface area contributed by atoms with Gasteiger partial charge in [-0.1, -0.05) is 12.1 Å². The molecule has 1 heterocycles. The van der Waals surface area contributed by atoms with Gasteiger partial charge >= 0.3 is 0 Å². The number of nitrogens with one attached hydrogen (secondary N) is 1. The maximum absolute atomic E-state index is 12.5. The molecule has 0 bridgehead atoms.